The minimum atomic E-state index is -4.34. The van der Waals surface area contributed by atoms with E-state index in [9.17, 15) is 25.8 Å². The van der Waals surface area contributed by atoms with Crippen LogP contribution in [0.5, 0.6) is 5.75 Å². The minimum Gasteiger partial charge on any atom is -0.497 e. The lowest BCUT2D eigenvalue weighted by atomic mass is 10.2. The average molecular weight is 699 g/mol. The number of rotatable bonds is 12. The fourth-order valence-corrected chi connectivity index (χ4v) is 8.28. The summed E-state index contributed by atoms with van der Waals surface area (Å²) in [5, 5.41) is 0.230. The summed E-state index contributed by atoms with van der Waals surface area (Å²) in [5.74, 6) is -0.434. The van der Waals surface area contributed by atoms with Crippen LogP contribution in [0.1, 0.15) is 17.4 Å². The van der Waals surface area contributed by atoms with Crippen molar-refractivity contribution in [2.24, 2.45) is 0 Å². The summed E-state index contributed by atoms with van der Waals surface area (Å²) in [4.78, 5) is 13.1. The van der Waals surface area contributed by atoms with Gasteiger partial charge in [-0.25, -0.2) is 34.5 Å². The summed E-state index contributed by atoms with van der Waals surface area (Å²) in [6.07, 6.45) is 1.05. The van der Waals surface area contributed by atoms with Crippen molar-refractivity contribution in [2.75, 3.05) is 37.4 Å². The van der Waals surface area contributed by atoms with Crippen LogP contribution >= 0.6 is 15.9 Å². The number of anilines is 1. The molecule has 0 aliphatic carbocycles. The van der Waals surface area contributed by atoms with Crippen LogP contribution in [-0.2, 0) is 35.8 Å². The molecule has 15 heteroatoms. The van der Waals surface area contributed by atoms with Gasteiger partial charge in [0.05, 0.1) is 41.0 Å². The summed E-state index contributed by atoms with van der Waals surface area (Å²) >= 11 is 3.37. The summed E-state index contributed by atoms with van der Waals surface area (Å²) in [7, 11) is -8.75. The molecule has 0 aliphatic heterocycles. The van der Waals surface area contributed by atoms with Crippen LogP contribution < -0.4 is 13.8 Å². The van der Waals surface area contributed by atoms with Gasteiger partial charge in [0.15, 0.2) is 5.69 Å². The van der Waals surface area contributed by atoms with Gasteiger partial charge in [0, 0.05) is 22.9 Å². The number of ether oxygens (including phenoxy) is 2. The molecule has 0 aliphatic rings. The molecule has 1 aromatic heterocycles. The normalized spacial score (nSPS) is 12.7. The first-order chi connectivity index (χ1) is 19.9. The molecule has 0 saturated carbocycles. The Kier molecular flexibility index (Phi) is 9.77. The van der Waals surface area contributed by atoms with Gasteiger partial charge in [-0.2, -0.15) is 0 Å². The molecule has 1 N–H and O–H groups in total. The van der Waals surface area contributed by atoms with Gasteiger partial charge >= 0.3 is 5.97 Å². The molecule has 4 rings (SSSR count). The lowest BCUT2D eigenvalue weighted by Gasteiger charge is -2.22. The molecule has 1 unspecified atom stereocenters. The van der Waals surface area contributed by atoms with Gasteiger partial charge < -0.3 is 9.47 Å². The first-order valence-electron chi connectivity index (χ1n) is 12.5. The zero-order valence-electron chi connectivity index (χ0n) is 22.8. The van der Waals surface area contributed by atoms with E-state index in [1.807, 2.05) is 0 Å². The maximum atomic E-state index is 13.9. The third-order valence-corrected chi connectivity index (χ3v) is 10.8. The maximum Gasteiger partial charge on any atom is 0.357 e. The Hall–Kier alpha value is -3.24. The van der Waals surface area contributed by atoms with Crippen molar-refractivity contribution < 1.29 is 35.3 Å². The molecule has 224 valence electrons. The first kappa shape index (κ1) is 31.7. The second-order valence-electron chi connectivity index (χ2n) is 8.84. The van der Waals surface area contributed by atoms with Gasteiger partial charge in [-0.3, -0.25) is 4.31 Å². The molecule has 3 aromatic carbocycles. The Morgan fingerprint density at radius 2 is 1.69 bits per heavy atom. The molecule has 0 radical (unpaired) electrons. The highest BCUT2D eigenvalue weighted by atomic mass is 79.9. The fourth-order valence-electron chi connectivity index (χ4n) is 4.26. The number of benzene rings is 3. The Balaban J connectivity index is 1.78. The molecular formula is C27H28BrN3O8S3. The van der Waals surface area contributed by atoms with Gasteiger partial charge in [-0.05, 0) is 61.5 Å². The van der Waals surface area contributed by atoms with Crippen LogP contribution in [0.2, 0.25) is 0 Å². The van der Waals surface area contributed by atoms with Crippen molar-refractivity contribution in [3.05, 3.63) is 83.0 Å². The summed E-state index contributed by atoms with van der Waals surface area (Å²) in [6.45, 7) is 1.29. The van der Waals surface area contributed by atoms with E-state index < -0.39 is 42.7 Å². The molecule has 0 fully saturated rings. The second kappa shape index (κ2) is 13.0. The van der Waals surface area contributed by atoms with E-state index in [0.29, 0.717) is 15.9 Å². The van der Waals surface area contributed by atoms with Crippen LogP contribution in [-0.4, -0.2) is 64.0 Å². The number of nitrogens with one attached hydrogen (secondary N) is 1. The van der Waals surface area contributed by atoms with E-state index >= 15 is 0 Å². The fraction of sp³-hybridized carbons (Fsp3) is 0.222. The molecule has 0 saturated heterocycles. The van der Waals surface area contributed by atoms with Crippen LogP contribution in [0.4, 0.5) is 5.69 Å². The van der Waals surface area contributed by atoms with Gasteiger partial charge in [0.1, 0.15) is 16.7 Å². The molecule has 1 heterocycles. The molecule has 11 nitrogen and oxygen atoms in total. The van der Waals surface area contributed by atoms with Gasteiger partial charge in [-0.1, -0.05) is 34.1 Å². The van der Waals surface area contributed by atoms with E-state index in [4.69, 9.17) is 9.47 Å². The number of hydrogen-bond acceptors (Lipinski definition) is 8. The number of sulfonamides is 1. The van der Waals surface area contributed by atoms with E-state index in [1.54, 1.807) is 61.5 Å². The zero-order valence-corrected chi connectivity index (χ0v) is 26.8. The summed E-state index contributed by atoms with van der Waals surface area (Å²) < 4.78 is 82.3. The second-order valence-corrected chi connectivity index (χ2v) is 14.7. The van der Waals surface area contributed by atoms with Crippen molar-refractivity contribution in [3.8, 4) is 5.75 Å². The van der Waals surface area contributed by atoms with Crippen LogP contribution in [0.25, 0.3) is 10.9 Å². The van der Waals surface area contributed by atoms with Gasteiger partial charge in [0.2, 0.25) is 10.0 Å². The van der Waals surface area contributed by atoms with Gasteiger partial charge in [-0.15, -0.1) is 0 Å². The zero-order chi connectivity index (χ0) is 30.7. The van der Waals surface area contributed by atoms with E-state index in [1.165, 1.54) is 25.3 Å². The number of aromatic nitrogens is 1. The molecule has 4 aromatic rings. The predicted molar refractivity (Wildman–Crippen MR) is 164 cm³/mol. The number of halogens is 1. The van der Waals surface area contributed by atoms with Crippen LogP contribution in [0.3, 0.4) is 0 Å². The highest BCUT2D eigenvalue weighted by Crippen LogP contribution is 2.35. The average Bonchev–Trinajstić information content (AvgIpc) is 3.30. The first-order valence-corrected chi connectivity index (χ1v) is 17.7. The molecule has 0 spiro atoms. The highest BCUT2D eigenvalue weighted by Gasteiger charge is 2.34. The lowest BCUT2D eigenvalue weighted by molar-refractivity contribution is 0.0514. The van der Waals surface area contributed by atoms with E-state index in [0.717, 1.165) is 14.5 Å². The Morgan fingerprint density at radius 3 is 2.29 bits per heavy atom. The third-order valence-electron chi connectivity index (χ3n) is 6.08. The van der Waals surface area contributed by atoms with Crippen molar-refractivity contribution >= 4 is 69.5 Å². The Labute approximate surface area is 255 Å². The smallest absolute Gasteiger partial charge is 0.357 e. The number of fused-ring (bicyclic) bond motifs is 1. The van der Waals surface area contributed by atoms with Crippen LogP contribution in [0, 0.1) is 0 Å². The highest BCUT2D eigenvalue weighted by molar-refractivity contribution is 9.10. The van der Waals surface area contributed by atoms with E-state index in [-0.39, 0.29) is 40.4 Å². The number of nitrogens with zero attached hydrogens (tertiary/aromatic N) is 2. The summed E-state index contributed by atoms with van der Waals surface area (Å²) in [6, 6.07) is 18.6. The number of methoxy groups -OCH3 is 1. The quantitative estimate of drug-likeness (QED) is 0.220. The number of hydrogen-bond donors (Lipinski definition) is 1. The van der Waals surface area contributed by atoms with Gasteiger partial charge in [0.25, 0.3) is 10.0 Å². The third kappa shape index (κ3) is 6.54. The molecule has 0 amide bonds. The molecule has 1 atom stereocenters. The Bertz CT molecular complexity index is 1840. The van der Waals surface area contributed by atoms with Crippen molar-refractivity contribution in [1.82, 2.24) is 8.69 Å². The van der Waals surface area contributed by atoms with E-state index in [2.05, 4.69) is 20.7 Å². The van der Waals surface area contributed by atoms with Crippen molar-refractivity contribution in [3.63, 3.8) is 0 Å². The van der Waals surface area contributed by atoms with Crippen molar-refractivity contribution in [2.45, 2.75) is 16.7 Å². The summed E-state index contributed by atoms with van der Waals surface area (Å²) in [5.41, 5.74) is 0.0635. The topological polar surface area (TPSA) is 141 Å². The molecular weight excluding hydrogens is 670 g/mol. The van der Waals surface area contributed by atoms with Crippen molar-refractivity contribution in [1.29, 1.82) is 0 Å². The largest absolute Gasteiger partial charge is 0.497 e. The molecule has 0 bridgehead atoms. The Morgan fingerprint density at radius 1 is 1.02 bits per heavy atom. The monoisotopic (exact) mass is 697 g/mol. The standard InChI is InChI=1S/C27H28BrN3O8S3/c1-4-39-27(32)25-26(40(33)29-16-17-30(41(3,34)35)20-11-13-21(38-2)14-12-20)23-18-19(28)10-15-24(23)31(25)42(36,37)22-8-6-5-7-9-22/h5-15,18,29H,4,16-17H2,1-3H3. The van der Waals surface area contributed by atoms with Crippen LogP contribution in [0.15, 0.2) is 87.1 Å². The predicted octanol–water partition coefficient (Wildman–Crippen LogP) is 3.90. The number of carbonyl (C=O) groups is 1. The number of esters is 1. The molecule has 42 heavy (non-hydrogen) atoms. The maximum absolute atomic E-state index is 13.9. The number of carbonyl (C=O) groups excluding carboxylic acids is 1. The SMILES string of the molecule is CCOC(=O)c1c(S(=O)NCCN(c2ccc(OC)cc2)S(C)(=O)=O)c2cc(Br)ccc2n1S(=O)(=O)c1ccccc1. The lowest BCUT2D eigenvalue weighted by Crippen LogP contribution is -2.37. The minimum absolute atomic E-state index is 0.0554.